The zero-order valence-electron chi connectivity index (χ0n) is 48.2. The molecule has 3 rings (SSSR count). The van der Waals surface area contributed by atoms with Crippen LogP contribution in [0.25, 0.3) is 0 Å². The molecule has 3 saturated heterocycles. The normalized spacial score (nSPS) is 29.8. The highest BCUT2D eigenvalue weighted by Crippen LogP contribution is 2.33. The summed E-state index contributed by atoms with van der Waals surface area (Å²) in [6, 6.07) is -3.22. The molecule has 0 spiro atoms. The average Bonchev–Trinajstić information content (AvgIpc) is 3.42. The summed E-state index contributed by atoms with van der Waals surface area (Å²) >= 11 is 0. The van der Waals surface area contributed by atoms with Gasteiger partial charge in [0.05, 0.1) is 32.5 Å². The number of aliphatic hydroxyl groups excluding tert-OH is 8. The fourth-order valence-corrected chi connectivity index (χ4v) is 10.9. The van der Waals surface area contributed by atoms with Gasteiger partial charge in [-0.15, -0.1) is 0 Å². The maximum absolute atomic E-state index is 13.4. The van der Waals surface area contributed by atoms with E-state index < -0.39 is 130 Å². The van der Waals surface area contributed by atoms with Crippen molar-refractivity contribution in [2.24, 2.45) is 0 Å². The quantitative estimate of drug-likeness (QED) is 0.0342. The van der Waals surface area contributed by atoms with Gasteiger partial charge in [-0.1, -0.05) is 194 Å². The highest BCUT2D eigenvalue weighted by Gasteiger charge is 2.54. The summed E-state index contributed by atoms with van der Waals surface area (Å²) in [4.78, 5) is 38.6. The third kappa shape index (κ3) is 26.4. The van der Waals surface area contributed by atoms with Crippen LogP contribution in [0.3, 0.4) is 0 Å². The maximum atomic E-state index is 13.4. The number of nitrogens with one attached hydrogen (secondary N) is 3. The molecule has 3 amide bonds. The second-order valence-electron chi connectivity index (χ2n) is 22.5. The summed E-state index contributed by atoms with van der Waals surface area (Å²) in [5, 5.41) is 93.9. The molecule has 0 aromatic carbocycles. The number of carbonyl (C=O) groups is 3. The first-order valence-corrected chi connectivity index (χ1v) is 30.7. The van der Waals surface area contributed by atoms with Crippen molar-refractivity contribution in [2.45, 2.75) is 325 Å². The van der Waals surface area contributed by atoms with E-state index in [4.69, 9.17) is 28.4 Å². The van der Waals surface area contributed by atoms with Gasteiger partial charge in [-0.05, 0) is 12.8 Å². The first-order valence-electron chi connectivity index (χ1n) is 30.7. The van der Waals surface area contributed by atoms with E-state index >= 15 is 0 Å². The Bertz CT molecular complexity index is 1550. The van der Waals surface area contributed by atoms with Crippen LogP contribution in [0.15, 0.2) is 0 Å². The minimum Gasteiger partial charge on any atom is -0.394 e. The number of carbonyl (C=O) groups excluding carboxylic acids is 3. The summed E-state index contributed by atoms with van der Waals surface area (Å²) in [6.07, 6.45) is 16.0. The zero-order chi connectivity index (χ0) is 57.1. The van der Waals surface area contributed by atoms with E-state index in [0.29, 0.717) is 12.8 Å². The number of aliphatic hydroxyl groups is 8. The lowest BCUT2D eigenvalue weighted by atomic mass is 9.94. The molecule has 3 aliphatic heterocycles. The largest absolute Gasteiger partial charge is 0.394 e. The van der Waals surface area contributed by atoms with Crippen LogP contribution in [0.5, 0.6) is 0 Å². The Labute approximate surface area is 467 Å². The molecule has 0 bridgehead atoms. The molecule has 458 valence electrons. The first kappa shape index (κ1) is 70.1. The van der Waals surface area contributed by atoms with E-state index in [1.165, 1.54) is 142 Å². The number of hydrogen-bond donors (Lipinski definition) is 11. The molecule has 20 nitrogen and oxygen atoms in total. The smallest absolute Gasteiger partial charge is 0.220 e. The molecule has 16 atom stereocenters. The van der Waals surface area contributed by atoms with Crippen molar-refractivity contribution in [2.75, 3.05) is 26.4 Å². The van der Waals surface area contributed by atoms with Gasteiger partial charge < -0.3 is 85.2 Å². The van der Waals surface area contributed by atoms with E-state index in [9.17, 15) is 55.2 Å². The average molecular weight is 1120 g/mol. The molecule has 3 fully saturated rings. The monoisotopic (exact) mass is 1120 g/mol. The van der Waals surface area contributed by atoms with Crippen molar-refractivity contribution in [1.82, 2.24) is 16.0 Å². The first-order chi connectivity index (χ1) is 37.7. The molecule has 0 unspecified atom stereocenters. The molecule has 0 aromatic heterocycles. The minimum absolute atomic E-state index is 0.0325. The Morgan fingerprint density at radius 2 is 0.795 bits per heavy atom. The Morgan fingerprint density at radius 3 is 1.21 bits per heavy atom. The molecule has 3 heterocycles. The fraction of sp³-hybridized carbons (Fsp3) is 0.948. The summed E-state index contributed by atoms with van der Waals surface area (Å²) in [6.45, 7) is 4.48. The van der Waals surface area contributed by atoms with Gasteiger partial charge in [0.25, 0.3) is 0 Å². The lowest BCUT2D eigenvalue weighted by Gasteiger charge is -2.49. The van der Waals surface area contributed by atoms with Crippen LogP contribution >= 0.6 is 0 Å². The molecule has 0 saturated carbocycles. The fourth-order valence-electron chi connectivity index (χ4n) is 10.9. The number of amides is 3. The van der Waals surface area contributed by atoms with Gasteiger partial charge in [0, 0.05) is 20.3 Å². The number of hydrogen-bond acceptors (Lipinski definition) is 17. The van der Waals surface area contributed by atoms with Crippen molar-refractivity contribution < 1.29 is 83.7 Å². The van der Waals surface area contributed by atoms with E-state index in [1.807, 2.05) is 0 Å². The lowest BCUT2D eigenvalue weighted by Crippen LogP contribution is -2.70. The van der Waals surface area contributed by atoms with Gasteiger partial charge in [-0.2, -0.15) is 0 Å². The molecule has 0 aromatic rings. The van der Waals surface area contributed by atoms with Crippen LogP contribution in [0, 0.1) is 0 Å². The van der Waals surface area contributed by atoms with Gasteiger partial charge in [-0.3, -0.25) is 14.4 Å². The van der Waals surface area contributed by atoms with E-state index in [2.05, 4.69) is 29.8 Å². The summed E-state index contributed by atoms with van der Waals surface area (Å²) < 4.78 is 35.9. The molecule has 78 heavy (non-hydrogen) atoms. The molecular weight excluding hydrogens is 1010 g/mol. The van der Waals surface area contributed by atoms with Crippen molar-refractivity contribution >= 4 is 17.7 Å². The van der Waals surface area contributed by atoms with Crippen molar-refractivity contribution in [3.05, 3.63) is 0 Å². The minimum atomic E-state index is -1.87. The third-order valence-electron chi connectivity index (χ3n) is 15.6. The van der Waals surface area contributed by atoms with Crippen molar-refractivity contribution in [3.8, 4) is 0 Å². The molecule has 0 aliphatic carbocycles. The summed E-state index contributed by atoms with van der Waals surface area (Å²) in [7, 11) is 0. The molecule has 11 N–H and O–H groups in total. The molecule has 3 aliphatic rings. The van der Waals surface area contributed by atoms with Crippen LogP contribution in [-0.4, -0.2) is 183 Å². The Kier molecular flexibility index (Phi) is 37.6. The van der Waals surface area contributed by atoms with Gasteiger partial charge >= 0.3 is 0 Å². The van der Waals surface area contributed by atoms with Crippen LogP contribution in [0.2, 0.25) is 0 Å². The van der Waals surface area contributed by atoms with E-state index in [1.54, 1.807) is 0 Å². The molecular formula is C58H109N3O17. The topological polar surface area (TPSA) is 305 Å². The SMILES string of the molecule is CCCCCCCCCCCCCCCCCCCCCCCC(=O)N[C@@H](CCCCCCCCCC)CO[C@@H]1O[C@H](CO)[C@@H](O[C@@H]2O[C@H](CO)[C@@H](O[C@@H]3O[C@H](CO)[C@@H](O)[C@H](O)[C@@H]3O)[C@H](O)[C@H]2NC(C)=O)[C@H](O)[C@H]1NC(C)=O. The van der Waals surface area contributed by atoms with Crippen LogP contribution in [0.4, 0.5) is 0 Å². The van der Waals surface area contributed by atoms with Crippen molar-refractivity contribution in [1.29, 1.82) is 0 Å². The van der Waals surface area contributed by atoms with Crippen LogP contribution < -0.4 is 16.0 Å². The predicted octanol–water partition coefficient (Wildman–Crippen LogP) is 5.36. The number of rotatable bonds is 44. The highest BCUT2D eigenvalue weighted by atomic mass is 16.8. The molecule has 20 heteroatoms. The number of unbranched alkanes of at least 4 members (excludes halogenated alkanes) is 27. The van der Waals surface area contributed by atoms with E-state index in [0.717, 1.165) is 58.3 Å². The maximum Gasteiger partial charge on any atom is 0.220 e. The van der Waals surface area contributed by atoms with Crippen molar-refractivity contribution in [3.63, 3.8) is 0 Å². The van der Waals surface area contributed by atoms with Crippen LogP contribution in [-0.2, 0) is 42.8 Å². The number of ether oxygens (including phenoxy) is 6. The summed E-state index contributed by atoms with van der Waals surface area (Å²) in [5.74, 6) is -1.31. The van der Waals surface area contributed by atoms with Gasteiger partial charge in [0.2, 0.25) is 17.7 Å². The van der Waals surface area contributed by atoms with Gasteiger partial charge in [0.1, 0.15) is 73.1 Å². The second kappa shape index (κ2) is 41.8. The molecule has 0 radical (unpaired) electrons. The Morgan fingerprint density at radius 1 is 0.436 bits per heavy atom. The predicted molar refractivity (Wildman–Crippen MR) is 295 cm³/mol. The van der Waals surface area contributed by atoms with E-state index in [-0.39, 0.29) is 12.5 Å². The third-order valence-corrected chi connectivity index (χ3v) is 15.6. The Hall–Kier alpha value is -2.15. The highest BCUT2D eigenvalue weighted by molar-refractivity contribution is 5.76. The Balaban J connectivity index is 1.54. The van der Waals surface area contributed by atoms with Crippen LogP contribution in [0.1, 0.15) is 227 Å². The van der Waals surface area contributed by atoms with Gasteiger partial charge in [-0.25, -0.2) is 0 Å². The standard InChI is InChI=1S/C58H109N3O17/c1-5-7-9-11-13-15-16-17-18-19-20-21-22-23-24-25-26-27-29-31-33-35-46(67)61-42(34-32-30-28-14-12-10-8-6-2)39-73-56-47(59-40(3)65)50(69)54(44(37-63)75-56)77-57-48(60-41(4)66)51(70)55(45(38-64)76-57)78-58-53(72)52(71)49(68)43(36-62)74-58/h42-45,47-58,62-64,68-72H,5-39H2,1-4H3,(H,59,65)(H,60,66)(H,61,67)/t42-,43+,44+,45+,47+,48+,49+,50+,51+,52-,53-,54+,55+,56+,57-,58-/m0/s1. The lowest BCUT2D eigenvalue weighted by molar-refractivity contribution is -0.362. The summed E-state index contributed by atoms with van der Waals surface area (Å²) in [5.41, 5.74) is 0. The second-order valence-corrected chi connectivity index (χ2v) is 22.5. The zero-order valence-corrected chi connectivity index (χ0v) is 48.2. The van der Waals surface area contributed by atoms with Gasteiger partial charge in [0.15, 0.2) is 18.9 Å².